The second kappa shape index (κ2) is 5.10. The molecule has 0 amide bonds. The third-order valence-electron chi connectivity index (χ3n) is 3.21. The Balaban J connectivity index is 1.99. The van der Waals surface area contributed by atoms with E-state index in [4.69, 9.17) is 5.73 Å². The van der Waals surface area contributed by atoms with Crippen LogP contribution in [0, 0.1) is 0 Å². The van der Waals surface area contributed by atoms with Gasteiger partial charge < -0.3 is 5.73 Å². The molecule has 1 aliphatic heterocycles. The molecular formula is C12H20N2S. The molecule has 0 spiro atoms. The molecule has 1 aromatic heterocycles. The minimum atomic E-state index is 0.297. The zero-order valence-electron chi connectivity index (χ0n) is 9.36. The molecule has 2 heterocycles. The molecule has 2 rings (SSSR count). The fourth-order valence-corrected chi connectivity index (χ4v) is 3.14. The zero-order chi connectivity index (χ0) is 10.7. The van der Waals surface area contributed by atoms with E-state index < -0.39 is 0 Å². The van der Waals surface area contributed by atoms with E-state index in [1.165, 1.54) is 30.7 Å². The summed E-state index contributed by atoms with van der Waals surface area (Å²) in [4.78, 5) is 4.02. The summed E-state index contributed by atoms with van der Waals surface area (Å²) in [6.07, 6.45) is 3.94. The van der Waals surface area contributed by atoms with Crippen molar-refractivity contribution in [1.82, 2.24) is 4.90 Å². The van der Waals surface area contributed by atoms with Crippen LogP contribution < -0.4 is 5.73 Å². The summed E-state index contributed by atoms with van der Waals surface area (Å²) in [7, 11) is 0. The molecule has 0 aliphatic carbocycles. The molecule has 2 nitrogen and oxygen atoms in total. The predicted octanol–water partition coefficient (Wildman–Crippen LogP) is 2.45. The predicted molar refractivity (Wildman–Crippen MR) is 66.0 cm³/mol. The Bertz CT molecular complexity index is 282. The van der Waals surface area contributed by atoms with Crippen LogP contribution >= 0.6 is 11.3 Å². The molecule has 15 heavy (non-hydrogen) atoms. The van der Waals surface area contributed by atoms with E-state index in [0.29, 0.717) is 12.1 Å². The second-order valence-corrected chi connectivity index (χ2v) is 5.50. The van der Waals surface area contributed by atoms with Gasteiger partial charge >= 0.3 is 0 Å². The minimum Gasteiger partial charge on any atom is -0.327 e. The van der Waals surface area contributed by atoms with Crippen LogP contribution in [0.3, 0.4) is 0 Å². The Hall–Kier alpha value is -0.380. The monoisotopic (exact) mass is 224 g/mol. The highest BCUT2D eigenvalue weighted by atomic mass is 32.1. The molecule has 2 N–H and O–H groups in total. The number of thiophene rings is 1. The van der Waals surface area contributed by atoms with Gasteiger partial charge in [0.2, 0.25) is 0 Å². The fraction of sp³-hybridized carbons (Fsp3) is 0.667. The van der Waals surface area contributed by atoms with Crippen LogP contribution in [0.25, 0.3) is 0 Å². The van der Waals surface area contributed by atoms with Crippen molar-refractivity contribution >= 4 is 11.3 Å². The van der Waals surface area contributed by atoms with Crippen LogP contribution in [-0.2, 0) is 6.54 Å². The lowest BCUT2D eigenvalue weighted by atomic mass is 9.97. The first kappa shape index (κ1) is 11.1. The maximum Gasteiger partial charge on any atom is 0.0331 e. The van der Waals surface area contributed by atoms with Gasteiger partial charge in [-0.3, -0.25) is 4.90 Å². The molecule has 84 valence electrons. The Morgan fingerprint density at radius 1 is 1.60 bits per heavy atom. The average Bonchev–Trinajstić information content (AvgIpc) is 2.71. The molecule has 0 aromatic carbocycles. The average molecular weight is 224 g/mol. The Morgan fingerprint density at radius 2 is 2.47 bits per heavy atom. The van der Waals surface area contributed by atoms with E-state index in [1.807, 2.05) is 11.3 Å². The van der Waals surface area contributed by atoms with E-state index in [-0.39, 0.29) is 0 Å². The molecule has 1 aromatic rings. The SMILES string of the molecule is CC(N)C1CCCCN1Cc1cccs1. The van der Waals surface area contributed by atoms with Gasteiger partial charge in [0.1, 0.15) is 0 Å². The molecule has 2 unspecified atom stereocenters. The van der Waals surface area contributed by atoms with Gasteiger partial charge in [-0.25, -0.2) is 0 Å². The van der Waals surface area contributed by atoms with Crippen molar-refractivity contribution < 1.29 is 0 Å². The van der Waals surface area contributed by atoms with Crippen molar-refractivity contribution in [2.24, 2.45) is 5.73 Å². The second-order valence-electron chi connectivity index (χ2n) is 4.47. The highest BCUT2D eigenvalue weighted by Crippen LogP contribution is 2.22. The first-order valence-electron chi connectivity index (χ1n) is 5.79. The number of hydrogen-bond acceptors (Lipinski definition) is 3. The summed E-state index contributed by atoms with van der Waals surface area (Å²) in [5, 5.41) is 2.15. The van der Waals surface area contributed by atoms with Crippen LogP contribution in [0.15, 0.2) is 17.5 Å². The first-order chi connectivity index (χ1) is 7.27. The summed E-state index contributed by atoms with van der Waals surface area (Å²) in [5.74, 6) is 0. The molecule has 0 saturated carbocycles. The normalized spacial score (nSPS) is 25.3. The summed E-state index contributed by atoms with van der Waals surface area (Å²) >= 11 is 1.85. The standard InChI is InChI=1S/C12H20N2S/c1-10(13)12-6-2-3-7-14(12)9-11-5-4-8-15-11/h4-5,8,10,12H,2-3,6-7,9,13H2,1H3. The van der Waals surface area contributed by atoms with E-state index in [2.05, 4.69) is 29.3 Å². The number of nitrogens with two attached hydrogens (primary N) is 1. The van der Waals surface area contributed by atoms with Gasteiger partial charge in [-0.15, -0.1) is 11.3 Å². The van der Waals surface area contributed by atoms with Crippen molar-refractivity contribution in [1.29, 1.82) is 0 Å². The molecular weight excluding hydrogens is 204 g/mol. The number of nitrogens with zero attached hydrogens (tertiary/aromatic N) is 1. The van der Waals surface area contributed by atoms with E-state index >= 15 is 0 Å². The molecule has 1 fully saturated rings. The van der Waals surface area contributed by atoms with Gasteiger partial charge in [-0.05, 0) is 37.8 Å². The highest BCUT2D eigenvalue weighted by molar-refractivity contribution is 7.09. The topological polar surface area (TPSA) is 29.3 Å². The smallest absolute Gasteiger partial charge is 0.0331 e. The third-order valence-corrected chi connectivity index (χ3v) is 4.07. The van der Waals surface area contributed by atoms with Gasteiger partial charge in [0.15, 0.2) is 0 Å². The molecule has 0 bridgehead atoms. The van der Waals surface area contributed by atoms with Crippen molar-refractivity contribution in [3.63, 3.8) is 0 Å². The van der Waals surface area contributed by atoms with Crippen LogP contribution in [0.2, 0.25) is 0 Å². The fourth-order valence-electron chi connectivity index (χ4n) is 2.41. The van der Waals surface area contributed by atoms with Gasteiger partial charge in [-0.1, -0.05) is 12.5 Å². The van der Waals surface area contributed by atoms with Crippen LogP contribution in [0.1, 0.15) is 31.1 Å². The molecule has 3 heteroatoms. The van der Waals surface area contributed by atoms with E-state index in [9.17, 15) is 0 Å². The number of rotatable bonds is 3. The Labute approximate surface area is 96.1 Å². The Kier molecular flexibility index (Phi) is 3.78. The molecule has 1 aliphatic rings. The zero-order valence-corrected chi connectivity index (χ0v) is 10.2. The molecule has 1 saturated heterocycles. The lowest BCUT2D eigenvalue weighted by molar-refractivity contribution is 0.124. The molecule has 2 atom stereocenters. The van der Waals surface area contributed by atoms with E-state index in [1.54, 1.807) is 0 Å². The minimum absolute atomic E-state index is 0.297. The summed E-state index contributed by atoms with van der Waals surface area (Å²) < 4.78 is 0. The summed E-state index contributed by atoms with van der Waals surface area (Å²) in [6, 6.07) is 5.23. The summed E-state index contributed by atoms with van der Waals surface area (Å²) in [6.45, 7) is 4.44. The summed E-state index contributed by atoms with van der Waals surface area (Å²) in [5.41, 5.74) is 6.05. The van der Waals surface area contributed by atoms with Gasteiger partial charge in [0.25, 0.3) is 0 Å². The number of piperidine rings is 1. The first-order valence-corrected chi connectivity index (χ1v) is 6.67. The van der Waals surface area contributed by atoms with Crippen molar-refractivity contribution in [2.45, 2.75) is 44.8 Å². The van der Waals surface area contributed by atoms with Gasteiger partial charge in [0.05, 0.1) is 0 Å². The number of hydrogen-bond donors (Lipinski definition) is 1. The quantitative estimate of drug-likeness (QED) is 0.854. The third kappa shape index (κ3) is 2.80. The van der Waals surface area contributed by atoms with Crippen molar-refractivity contribution in [2.75, 3.05) is 6.54 Å². The lowest BCUT2D eigenvalue weighted by Gasteiger charge is -2.37. The van der Waals surface area contributed by atoms with Gasteiger partial charge in [-0.2, -0.15) is 0 Å². The highest BCUT2D eigenvalue weighted by Gasteiger charge is 2.25. The Morgan fingerprint density at radius 3 is 3.13 bits per heavy atom. The van der Waals surface area contributed by atoms with Crippen LogP contribution in [-0.4, -0.2) is 23.5 Å². The lowest BCUT2D eigenvalue weighted by Crippen LogP contribution is -2.48. The van der Waals surface area contributed by atoms with Crippen LogP contribution in [0.4, 0.5) is 0 Å². The molecule has 0 radical (unpaired) electrons. The maximum atomic E-state index is 6.05. The van der Waals surface area contributed by atoms with Crippen molar-refractivity contribution in [3.8, 4) is 0 Å². The number of likely N-dealkylation sites (tertiary alicyclic amines) is 1. The van der Waals surface area contributed by atoms with E-state index in [0.717, 1.165) is 6.54 Å². The van der Waals surface area contributed by atoms with Crippen LogP contribution in [0.5, 0.6) is 0 Å². The van der Waals surface area contributed by atoms with Crippen molar-refractivity contribution in [3.05, 3.63) is 22.4 Å². The maximum absolute atomic E-state index is 6.05. The van der Waals surface area contributed by atoms with Gasteiger partial charge in [0, 0.05) is 23.5 Å². The largest absolute Gasteiger partial charge is 0.327 e.